The molecule has 0 amide bonds. The van der Waals surface area contributed by atoms with E-state index in [0.29, 0.717) is 17.9 Å². The van der Waals surface area contributed by atoms with Crippen LogP contribution in [0.2, 0.25) is 0 Å². The summed E-state index contributed by atoms with van der Waals surface area (Å²) in [7, 11) is 0. The molecule has 1 atom stereocenters. The fraction of sp³-hybridized carbons (Fsp3) is 0.938. The first-order chi connectivity index (χ1) is 9.49. The monoisotopic (exact) mass is 282 g/mol. The Kier molecular flexibility index (Phi) is 7.35. The molecule has 1 heterocycles. The smallest absolute Gasteiger partial charge is 0.191 e. The maximum absolute atomic E-state index is 6.10. The number of aliphatic imine (C=N–C) groups is 1. The molecule has 2 N–H and O–H groups in total. The summed E-state index contributed by atoms with van der Waals surface area (Å²) in [5.74, 6) is 2.20. The Balaban J connectivity index is 2.61. The van der Waals surface area contributed by atoms with E-state index in [9.17, 15) is 0 Å². The van der Waals surface area contributed by atoms with Crippen molar-refractivity contribution < 1.29 is 0 Å². The Labute approximate surface area is 125 Å². The normalized spacial score (nSPS) is 20.4. The van der Waals surface area contributed by atoms with Gasteiger partial charge in [-0.3, -0.25) is 9.89 Å². The number of nitrogens with two attached hydrogens (primary N) is 1. The third-order valence-corrected chi connectivity index (χ3v) is 4.58. The summed E-state index contributed by atoms with van der Waals surface area (Å²) in [5.41, 5.74) is 6.10. The standard InChI is InChI=1S/C16H34N4/c1-6-19(7-2)16(17)18-12-15(13(3)4)20-10-8-14(5)9-11-20/h13-15H,6-12H2,1-5H3,(H2,17,18). The van der Waals surface area contributed by atoms with E-state index in [0.717, 1.165) is 25.6 Å². The number of likely N-dealkylation sites (tertiary alicyclic amines) is 1. The molecule has 4 heteroatoms. The molecule has 1 rings (SSSR count). The van der Waals surface area contributed by atoms with Gasteiger partial charge in [0.15, 0.2) is 5.96 Å². The zero-order valence-corrected chi connectivity index (χ0v) is 14.1. The SMILES string of the molecule is CCN(CC)C(N)=NCC(C(C)C)N1CCC(C)CC1. The summed E-state index contributed by atoms with van der Waals surface area (Å²) in [5, 5.41) is 0. The van der Waals surface area contributed by atoms with E-state index in [4.69, 9.17) is 5.73 Å². The van der Waals surface area contributed by atoms with E-state index in [1.807, 2.05) is 0 Å². The lowest BCUT2D eigenvalue weighted by Crippen LogP contribution is -2.46. The summed E-state index contributed by atoms with van der Waals surface area (Å²) in [4.78, 5) is 9.40. The molecule has 0 radical (unpaired) electrons. The highest BCUT2D eigenvalue weighted by molar-refractivity contribution is 5.78. The van der Waals surface area contributed by atoms with E-state index >= 15 is 0 Å². The van der Waals surface area contributed by atoms with E-state index in [1.54, 1.807) is 0 Å². The predicted molar refractivity (Wildman–Crippen MR) is 88.0 cm³/mol. The topological polar surface area (TPSA) is 44.9 Å². The zero-order chi connectivity index (χ0) is 15.1. The Morgan fingerprint density at radius 2 is 1.80 bits per heavy atom. The fourth-order valence-electron chi connectivity index (χ4n) is 2.94. The molecule has 1 aliphatic rings. The second kappa shape index (κ2) is 8.50. The van der Waals surface area contributed by atoms with Gasteiger partial charge < -0.3 is 10.6 Å². The van der Waals surface area contributed by atoms with Crippen molar-refractivity contribution in [2.75, 3.05) is 32.7 Å². The molecule has 1 unspecified atom stereocenters. The van der Waals surface area contributed by atoms with Gasteiger partial charge in [0.05, 0.1) is 6.54 Å². The van der Waals surface area contributed by atoms with Crippen molar-refractivity contribution in [2.24, 2.45) is 22.6 Å². The largest absolute Gasteiger partial charge is 0.370 e. The van der Waals surface area contributed by atoms with Crippen LogP contribution >= 0.6 is 0 Å². The van der Waals surface area contributed by atoms with Crippen LogP contribution in [-0.4, -0.2) is 54.5 Å². The second-order valence-corrected chi connectivity index (χ2v) is 6.40. The average Bonchev–Trinajstić information content (AvgIpc) is 2.42. The van der Waals surface area contributed by atoms with Crippen LogP contribution in [0.3, 0.4) is 0 Å². The molecule has 0 saturated carbocycles. The summed E-state index contributed by atoms with van der Waals surface area (Å²) in [6, 6.07) is 0.525. The van der Waals surface area contributed by atoms with Crippen LogP contribution in [0, 0.1) is 11.8 Å². The van der Waals surface area contributed by atoms with Crippen LogP contribution in [-0.2, 0) is 0 Å². The molecule has 118 valence electrons. The molecule has 0 bridgehead atoms. The Morgan fingerprint density at radius 1 is 1.25 bits per heavy atom. The molecule has 1 aliphatic heterocycles. The molecule has 0 aromatic rings. The van der Waals surface area contributed by atoms with Crippen molar-refractivity contribution >= 4 is 5.96 Å². The van der Waals surface area contributed by atoms with Crippen LogP contribution in [0.1, 0.15) is 47.5 Å². The van der Waals surface area contributed by atoms with Crippen molar-refractivity contribution in [3.63, 3.8) is 0 Å². The van der Waals surface area contributed by atoms with Crippen LogP contribution in [0.4, 0.5) is 0 Å². The number of piperidine rings is 1. The molecule has 4 nitrogen and oxygen atoms in total. The molecule has 0 spiro atoms. The lowest BCUT2D eigenvalue weighted by atomic mass is 9.94. The number of rotatable bonds is 6. The minimum absolute atomic E-state index is 0.525. The van der Waals surface area contributed by atoms with Gasteiger partial charge in [-0.15, -0.1) is 0 Å². The minimum atomic E-state index is 0.525. The van der Waals surface area contributed by atoms with Crippen LogP contribution < -0.4 is 5.73 Å². The number of nitrogens with zero attached hydrogens (tertiary/aromatic N) is 3. The summed E-state index contributed by atoms with van der Waals surface area (Å²) in [6.07, 6.45) is 2.64. The minimum Gasteiger partial charge on any atom is -0.370 e. The third kappa shape index (κ3) is 4.97. The molecule has 1 fully saturated rings. The van der Waals surface area contributed by atoms with E-state index in [1.165, 1.54) is 25.9 Å². The van der Waals surface area contributed by atoms with Crippen molar-refractivity contribution in [3.05, 3.63) is 0 Å². The highest BCUT2D eigenvalue weighted by Crippen LogP contribution is 2.21. The van der Waals surface area contributed by atoms with Gasteiger partial charge >= 0.3 is 0 Å². The van der Waals surface area contributed by atoms with Crippen molar-refractivity contribution in [2.45, 2.75) is 53.5 Å². The fourth-order valence-corrected chi connectivity index (χ4v) is 2.94. The highest BCUT2D eigenvalue weighted by atomic mass is 15.3. The average molecular weight is 282 g/mol. The van der Waals surface area contributed by atoms with Gasteiger partial charge in [-0.1, -0.05) is 20.8 Å². The van der Waals surface area contributed by atoms with Gasteiger partial charge in [-0.2, -0.15) is 0 Å². The molecule has 0 aromatic heterocycles. The predicted octanol–water partition coefficient (Wildman–Crippen LogP) is 2.40. The van der Waals surface area contributed by atoms with Crippen LogP contribution in [0.15, 0.2) is 4.99 Å². The molecule has 20 heavy (non-hydrogen) atoms. The molecule has 0 aliphatic carbocycles. The van der Waals surface area contributed by atoms with Crippen molar-refractivity contribution in [1.82, 2.24) is 9.80 Å². The van der Waals surface area contributed by atoms with Gasteiger partial charge in [-0.25, -0.2) is 0 Å². The zero-order valence-electron chi connectivity index (χ0n) is 14.1. The molecule has 1 saturated heterocycles. The van der Waals surface area contributed by atoms with E-state index in [2.05, 4.69) is 49.4 Å². The highest BCUT2D eigenvalue weighted by Gasteiger charge is 2.25. The second-order valence-electron chi connectivity index (χ2n) is 6.40. The Morgan fingerprint density at radius 3 is 2.25 bits per heavy atom. The van der Waals surface area contributed by atoms with Crippen molar-refractivity contribution in [1.29, 1.82) is 0 Å². The number of hydrogen-bond acceptors (Lipinski definition) is 2. The van der Waals surface area contributed by atoms with Gasteiger partial charge in [0, 0.05) is 19.1 Å². The van der Waals surface area contributed by atoms with Gasteiger partial charge in [0.25, 0.3) is 0 Å². The maximum atomic E-state index is 6.10. The first-order valence-electron chi connectivity index (χ1n) is 8.28. The quantitative estimate of drug-likeness (QED) is 0.601. The lowest BCUT2D eigenvalue weighted by Gasteiger charge is -2.38. The molecular weight excluding hydrogens is 248 g/mol. The van der Waals surface area contributed by atoms with Gasteiger partial charge in [0.2, 0.25) is 0 Å². The molecule has 0 aromatic carbocycles. The molecular formula is C16H34N4. The number of hydrogen-bond donors (Lipinski definition) is 1. The lowest BCUT2D eigenvalue weighted by molar-refractivity contribution is 0.113. The summed E-state index contributed by atoms with van der Waals surface area (Å²) < 4.78 is 0. The Bertz CT molecular complexity index is 289. The number of guanidine groups is 1. The van der Waals surface area contributed by atoms with Crippen LogP contribution in [0.25, 0.3) is 0 Å². The first-order valence-corrected chi connectivity index (χ1v) is 8.28. The summed E-state index contributed by atoms with van der Waals surface area (Å²) >= 11 is 0. The van der Waals surface area contributed by atoms with Crippen molar-refractivity contribution in [3.8, 4) is 0 Å². The van der Waals surface area contributed by atoms with Gasteiger partial charge in [-0.05, 0) is 51.6 Å². The van der Waals surface area contributed by atoms with Gasteiger partial charge in [0.1, 0.15) is 0 Å². The summed E-state index contributed by atoms with van der Waals surface area (Å²) in [6.45, 7) is 16.3. The van der Waals surface area contributed by atoms with E-state index in [-0.39, 0.29) is 0 Å². The van der Waals surface area contributed by atoms with Crippen LogP contribution in [0.5, 0.6) is 0 Å². The van der Waals surface area contributed by atoms with E-state index < -0.39 is 0 Å². The first kappa shape index (κ1) is 17.3. The Hall–Kier alpha value is -0.770. The maximum Gasteiger partial charge on any atom is 0.191 e. The third-order valence-electron chi connectivity index (χ3n) is 4.58.